The maximum absolute atomic E-state index is 12.1. The van der Waals surface area contributed by atoms with Crippen LogP contribution < -0.4 is 15.4 Å². The molecule has 8 heteroatoms. The SMILES string of the molecule is CCC(C)C(N)C(=O)Nc1cc(N2CCCS2(=O)=O)ccc1O. The number of phenols is 1. The summed E-state index contributed by atoms with van der Waals surface area (Å²) in [7, 11) is -3.32. The van der Waals surface area contributed by atoms with Crippen LogP contribution in [0.3, 0.4) is 0 Å². The van der Waals surface area contributed by atoms with Crippen molar-refractivity contribution in [1.29, 1.82) is 0 Å². The number of sulfonamides is 1. The molecule has 2 atom stereocenters. The summed E-state index contributed by atoms with van der Waals surface area (Å²) in [5, 5.41) is 12.5. The van der Waals surface area contributed by atoms with Crippen molar-refractivity contribution in [3.8, 4) is 5.75 Å². The van der Waals surface area contributed by atoms with E-state index in [2.05, 4.69) is 5.32 Å². The predicted octanol–water partition coefficient (Wildman–Crippen LogP) is 1.24. The monoisotopic (exact) mass is 341 g/mol. The van der Waals surface area contributed by atoms with Gasteiger partial charge in [0, 0.05) is 6.54 Å². The predicted molar refractivity (Wildman–Crippen MR) is 89.9 cm³/mol. The van der Waals surface area contributed by atoms with Gasteiger partial charge in [-0.05, 0) is 30.5 Å². The third kappa shape index (κ3) is 3.76. The van der Waals surface area contributed by atoms with Crippen LogP contribution in [0.2, 0.25) is 0 Å². The van der Waals surface area contributed by atoms with Gasteiger partial charge in [0.1, 0.15) is 5.75 Å². The van der Waals surface area contributed by atoms with Crippen LogP contribution in [-0.2, 0) is 14.8 Å². The number of amides is 1. The molecular formula is C15H23N3O4S. The van der Waals surface area contributed by atoms with Crippen LogP contribution in [0, 0.1) is 5.92 Å². The lowest BCUT2D eigenvalue weighted by Crippen LogP contribution is -2.40. The molecule has 0 aromatic heterocycles. The Morgan fingerprint density at radius 2 is 2.17 bits per heavy atom. The van der Waals surface area contributed by atoms with Crippen molar-refractivity contribution in [3.05, 3.63) is 18.2 Å². The Morgan fingerprint density at radius 3 is 2.74 bits per heavy atom. The van der Waals surface area contributed by atoms with Crippen molar-refractivity contribution in [1.82, 2.24) is 0 Å². The van der Waals surface area contributed by atoms with E-state index in [1.54, 1.807) is 0 Å². The number of carbonyl (C=O) groups is 1. The normalized spacial score (nSPS) is 19.3. The van der Waals surface area contributed by atoms with Crippen molar-refractivity contribution in [2.75, 3.05) is 21.9 Å². The molecule has 1 heterocycles. The Labute approximate surface area is 136 Å². The number of hydrogen-bond donors (Lipinski definition) is 3. The van der Waals surface area contributed by atoms with Gasteiger partial charge >= 0.3 is 0 Å². The number of nitrogens with zero attached hydrogens (tertiary/aromatic N) is 1. The minimum absolute atomic E-state index is 0.000662. The van der Waals surface area contributed by atoms with E-state index >= 15 is 0 Å². The third-order valence-corrected chi connectivity index (χ3v) is 6.05. The standard InChI is InChI=1S/C15H23N3O4S/c1-3-10(2)14(16)15(20)17-12-9-11(5-6-13(12)19)18-7-4-8-23(18,21)22/h5-6,9-10,14,19H,3-4,7-8,16H2,1-2H3,(H,17,20). The van der Waals surface area contributed by atoms with Crippen molar-refractivity contribution in [2.24, 2.45) is 11.7 Å². The third-order valence-electron chi connectivity index (χ3n) is 4.19. The number of benzene rings is 1. The fraction of sp³-hybridized carbons (Fsp3) is 0.533. The van der Waals surface area contributed by atoms with Crippen molar-refractivity contribution < 1.29 is 18.3 Å². The zero-order valence-electron chi connectivity index (χ0n) is 13.3. The second-order valence-corrected chi connectivity index (χ2v) is 7.86. The number of aromatic hydroxyl groups is 1. The van der Waals surface area contributed by atoms with Gasteiger partial charge in [0.2, 0.25) is 15.9 Å². The first-order chi connectivity index (χ1) is 10.8. The topological polar surface area (TPSA) is 113 Å². The summed E-state index contributed by atoms with van der Waals surface area (Å²) >= 11 is 0. The summed E-state index contributed by atoms with van der Waals surface area (Å²) in [5.41, 5.74) is 6.46. The van der Waals surface area contributed by atoms with Gasteiger partial charge < -0.3 is 16.2 Å². The van der Waals surface area contributed by atoms with E-state index < -0.39 is 22.0 Å². The summed E-state index contributed by atoms with van der Waals surface area (Å²) in [6, 6.07) is 3.65. The molecule has 1 fully saturated rings. The lowest BCUT2D eigenvalue weighted by molar-refractivity contribution is -0.118. The van der Waals surface area contributed by atoms with Crippen molar-refractivity contribution in [2.45, 2.75) is 32.7 Å². The molecule has 0 aliphatic carbocycles. The van der Waals surface area contributed by atoms with Gasteiger partial charge in [-0.25, -0.2) is 8.42 Å². The van der Waals surface area contributed by atoms with Gasteiger partial charge in [0.05, 0.1) is 23.2 Å². The van der Waals surface area contributed by atoms with Gasteiger partial charge in [-0.2, -0.15) is 0 Å². The fourth-order valence-corrected chi connectivity index (χ4v) is 3.99. The molecule has 4 N–H and O–H groups in total. The van der Waals surface area contributed by atoms with E-state index in [0.29, 0.717) is 18.7 Å². The second-order valence-electron chi connectivity index (χ2n) is 5.84. The molecule has 1 amide bonds. The number of rotatable bonds is 5. The lowest BCUT2D eigenvalue weighted by Gasteiger charge is -2.20. The lowest BCUT2D eigenvalue weighted by atomic mass is 9.99. The van der Waals surface area contributed by atoms with Gasteiger partial charge in [0.25, 0.3) is 0 Å². The Hall–Kier alpha value is -1.80. The molecule has 7 nitrogen and oxygen atoms in total. The van der Waals surface area contributed by atoms with Gasteiger partial charge in [-0.15, -0.1) is 0 Å². The van der Waals surface area contributed by atoms with Gasteiger partial charge in [0.15, 0.2) is 0 Å². The molecule has 2 unspecified atom stereocenters. The molecule has 1 saturated heterocycles. The highest BCUT2D eigenvalue weighted by Crippen LogP contribution is 2.32. The fourth-order valence-electron chi connectivity index (χ4n) is 2.44. The summed E-state index contributed by atoms with van der Waals surface area (Å²) < 4.78 is 25.2. The molecule has 0 bridgehead atoms. The van der Waals surface area contributed by atoms with E-state index in [9.17, 15) is 18.3 Å². The second kappa shape index (κ2) is 6.76. The summed E-state index contributed by atoms with van der Waals surface area (Å²) in [6.07, 6.45) is 1.32. The number of phenolic OH excluding ortho intramolecular Hbond substituents is 1. The number of hydrogen-bond acceptors (Lipinski definition) is 5. The molecule has 128 valence electrons. The number of nitrogens with two attached hydrogens (primary N) is 1. The van der Waals surface area contributed by atoms with Crippen LogP contribution in [0.15, 0.2) is 18.2 Å². The first-order valence-electron chi connectivity index (χ1n) is 7.66. The first kappa shape index (κ1) is 17.6. The maximum Gasteiger partial charge on any atom is 0.241 e. The van der Waals surface area contributed by atoms with Gasteiger partial charge in [-0.1, -0.05) is 20.3 Å². The summed E-state index contributed by atoms with van der Waals surface area (Å²) in [6.45, 7) is 4.21. The van der Waals surface area contributed by atoms with E-state index in [1.165, 1.54) is 22.5 Å². The summed E-state index contributed by atoms with van der Waals surface area (Å²) in [5.74, 6) is -0.431. The smallest absolute Gasteiger partial charge is 0.241 e. The Morgan fingerprint density at radius 1 is 1.48 bits per heavy atom. The number of anilines is 2. The highest BCUT2D eigenvalue weighted by molar-refractivity contribution is 7.93. The molecule has 1 aliphatic heterocycles. The highest BCUT2D eigenvalue weighted by Gasteiger charge is 2.29. The van der Waals surface area contributed by atoms with Crippen molar-refractivity contribution in [3.63, 3.8) is 0 Å². The van der Waals surface area contributed by atoms with Crippen LogP contribution >= 0.6 is 0 Å². The largest absolute Gasteiger partial charge is 0.506 e. The molecule has 0 radical (unpaired) electrons. The van der Waals surface area contributed by atoms with E-state index in [-0.39, 0.29) is 23.1 Å². The van der Waals surface area contributed by atoms with Crippen LogP contribution in [0.1, 0.15) is 26.7 Å². The molecule has 2 rings (SSSR count). The quantitative estimate of drug-likeness (QED) is 0.698. The molecular weight excluding hydrogens is 318 g/mol. The summed E-state index contributed by atoms with van der Waals surface area (Å²) in [4.78, 5) is 12.1. The van der Waals surface area contributed by atoms with Gasteiger partial charge in [-0.3, -0.25) is 9.10 Å². The first-order valence-corrected chi connectivity index (χ1v) is 9.27. The zero-order valence-corrected chi connectivity index (χ0v) is 14.1. The average Bonchev–Trinajstić information content (AvgIpc) is 2.87. The van der Waals surface area contributed by atoms with Crippen molar-refractivity contribution >= 4 is 27.3 Å². The van der Waals surface area contributed by atoms with E-state index in [4.69, 9.17) is 5.73 Å². The number of nitrogens with one attached hydrogen (secondary N) is 1. The van der Waals surface area contributed by atoms with Crippen LogP contribution in [0.4, 0.5) is 11.4 Å². The minimum Gasteiger partial charge on any atom is -0.506 e. The Bertz CT molecular complexity index is 690. The Balaban J connectivity index is 2.23. The van der Waals surface area contributed by atoms with E-state index in [0.717, 1.165) is 6.42 Å². The molecule has 1 aliphatic rings. The molecule has 1 aromatic carbocycles. The van der Waals surface area contributed by atoms with Crippen LogP contribution in [0.5, 0.6) is 5.75 Å². The molecule has 0 spiro atoms. The molecule has 23 heavy (non-hydrogen) atoms. The highest BCUT2D eigenvalue weighted by atomic mass is 32.2. The Kier molecular flexibility index (Phi) is 5.16. The molecule has 0 saturated carbocycles. The molecule has 1 aromatic rings. The van der Waals surface area contributed by atoms with Crippen LogP contribution in [0.25, 0.3) is 0 Å². The van der Waals surface area contributed by atoms with Crippen LogP contribution in [-0.4, -0.2) is 37.8 Å². The number of carbonyl (C=O) groups excluding carboxylic acids is 1. The average molecular weight is 341 g/mol. The minimum atomic E-state index is -3.32. The maximum atomic E-state index is 12.1. The zero-order chi connectivity index (χ0) is 17.2. The van der Waals surface area contributed by atoms with E-state index in [1.807, 2.05) is 13.8 Å².